The molecule has 0 aliphatic heterocycles. The average Bonchev–Trinajstić information content (AvgIpc) is 2.16. The Hall–Kier alpha value is -1.39. The molecule has 14 heavy (non-hydrogen) atoms. The normalized spacial score (nSPS) is 9.36. The van der Waals surface area contributed by atoms with Crippen LogP contribution >= 0.6 is 0 Å². The van der Waals surface area contributed by atoms with Crippen molar-refractivity contribution in [3.05, 3.63) is 0 Å². The molecule has 0 rings (SSSR count). The van der Waals surface area contributed by atoms with Crippen molar-refractivity contribution in [1.29, 1.82) is 0 Å². The van der Waals surface area contributed by atoms with Crippen LogP contribution in [0.15, 0.2) is 0 Å². The highest BCUT2D eigenvalue weighted by Gasteiger charge is 2.24. The van der Waals surface area contributed by atoms with Crippen LogP contribution in [0, 0.1) is 0 Å². The molecule has 0 aromatic carbocycles. The number of imide groups is 1. The number of unbranched alkanes of at least 4 members (excludes halogenated alkanes) is 1. The highest BCUT2D eigenvalue weighted by molar-refractivity contribution is 6.35. The van der Waals surface area contributed by atoms with E-state index in [0.717, 1.165) is 18.4 Å². The number of carbonyl (C=O) groups excluding carboxylic acids is 3. The zero-order chi connectivity index (χ0) is 11.1. The van der Waals surface area contributed by atoms with Gasteiger partial charge >= 0.3 is 11.9 Å². The summed E-state index contributed by atoms with van der Waals surface area (Å²) in [5.74, 6) is -2.33. The summed E-state index contributed by atoms with van der Waals surface area (Å²) in [7, 11) is 1.11. The average molecular weight is 201 g/mol. The van der Waals surface area contributed by atoms with Crippen LogP contribution in [0.2, 0.25) is 0 Å². The molecule has 0 N–H and O–H groups in total. The molecule has 80 valence electrons. The first kappa shape index (κ1) is 12.6. The summed E-state index contributed by atoms with van der Waals surface area (Å²) in [4.78, 5) is 34.0. The lowest BCUT2D eigenvalue weighted by molar-refractivity contribution is -0.161. The van der Waals surface area contributed by atoms with E-state index in [9.17, 15) is 14.4 Å². The molecule has 0 aliphatic carbocycles. The highest BCUT2D eigenvalue weighted by Crippen LogP contribution is 1.98. The van der Waals surface area contributed by atoms with E-state index >= 15 is 0 Å². The maximum atomic E-state index is 11.3. The molecule has 0 spiro atoms. The van der Waals surface area contributed by atoms with E-state index in [0.29, 0.717) is 6.42 Å². The molecule has 0 saturated carbocycles. The third-order valence-corrected chi connectivity index (χ3v) is 1.72. The van der Waals surface area contributed by atoms with E-state index in [4.69, 9.17) is 0 Å². The van der Waals surface area contributed by atoms with Crippen LogP contribution in [0.25, 0.3) is 0 Å². The Morgan fingerprint density at radius 3 is 2.21 bits per heavy atom. The zero-order valence-electron chi connectivity index (χ0n) is 8.70. The van der Waals surface area contributed by atoms with Gasteiger partial charge in [-0.05, 0) is 6.42 Å². The molecule has 5 nitrogen and oxygen atoms in total. The third kappa shape index (κ3) is 3.55. The highest BCUT2D eigenvalue weighted by atomic mass is 16.5. The monoisotopic (exact) mass is 201 g/mol. The second kappa shape index (κ2) is 6.12. The molecular formula is C9H15NO4. The molecular weight excluding hydrogens is 186 g/mol. The maximum Gasteiger partial charge on any atom is 0.397 e. The van der Waals surface area contributed by atoms with Crippen molar-refractivity contribution in [1.82, 2.24) is 4.90 Å². The quantitative estimate of drug-likeness (QED) is 0.487. The molecule has 0 bridgehead atoms. The number of hydrogen-bond acceptors (Lipinski definition) is 4. The predicted molar refractivity (Wildman–Crippen MR) is 49.3 cm³/mol. The second-order valence-corrected chi connectivity index (χ2v) is 2.82. The van der Waals surface area contributed by atoms with Crippen molar-refractivity contribution in [2.75, 3.05) is 13.7 Å². The summed E-state index contributed by atoms with van der Waals surface area (Å²) >= 11 is 0. The lowest BCUT2D eigenvalue weighted by atomic mass is 10.3. The van der Waals surface area contributed by atoms with Gasteiger partial charge in [0, 0.05) is 13.5 Å². The number of nitrogens with zero attached hydrogens (tertiary/aromatic N) is 1. The number of ether oxygens (including phenoxy) is 1. The Morgan fingerprint density at radius 1 is 1.29 bits per heavy atom. The second-order valence-electron chi connectivity index (χ2n) is 2.82. The number of esters is 1. The van der Waals surface area contributed by atoms with Crippen molar-refractivity contribution >= 4 is 17.8 Å². The Balaban J connectivity index is 4.41. The molecule has 0 unspecified atom stereocenters. The first-order chi connectivity index (χ1) is 6.54. The zero-order valence-corrected chi connectivity index (χ0v) is 8.70. The van der Waals surface area contributed by atoms with Gasteiger partial charge in [0.1, 0.15) is 0 Å². The molecule has 5 heteroatoms. The molecule has 0 aromatic rings. The molecule has 0 radical (unpaired) electrons. The van der Waals surface area contributed by atoms with Crippen molar-refractivity contribution in [3.8, 4) is 0 Å². The van der Waals surface area contributed by atoms with E-state index in [2.05, 4.69) is 4.74 Å². The lowest BCUT2D eigenvalue weighted by Crippen LogP contribution is -2.41. The minimum Gasteiger partial charge on any atom is -0.462 e. The van der Waals surface area contributed by atoms with Gasteiger partial charge in [0.25, 0.3) is 0 Å². The third-order valence-electron chi connectivity index (χ3n) is 1.72. The topological polar surface area (TPSA) is 63.7 Å². The van der Waals surface area contributed by atoms with Crippen LogP contribution in [-0.4, -0.2) is 36.3 Å². The smallest absolute Gasteiger partial charge is 0.397 e. The van der Waals surface area contributed by atoms with Crippen molar-refractivity contribution in [2.24, 2.45) is 0 Å². The summed E-state index contributed by atoms with van der Waals surface area (Å²) < 4.78 is 4.24. The summed E-state index contributed by atoms with van der Waals surface area (Å²) in [6.45, 7) is 3.44. The molecule has 0 heterocycles. The minimum atomic E-state index is -1.00. The van der Waals surface area contributed by atoms with Crippen molar-refractivity contribution < 1.29 is 19.1 Å². The van der Waals surface area contributed by atoms with E-state index in [1.165, 1.54) is 6.92 Å². The standard InChI is InChI=1S/C9H15NO4/c1-4-5-6-10(7(2)11)8(12)9(13)14-3/h4-6H2,1-3H3. The van der Waals surface area contributed by atoms with Gasteiger partial charge in [-0.25, -0.2) is 4.79 Å². The van der Waals surface area contributed by atoms with Gasteiger partial charge in [0.2, 0.25) is 5.91 Å². The van der Waals surface area contributed by atoms with Crippen LogP contribution in [0.3, 0.4) is 0 Å². The van der Waals surface area contributed by atoms with Crippen LogP contribution in [-0.2, 0) is 19.1 Å². The molecule has 2 amide bonds. The summed E-state index contributed by atoms with van der Waals surface area (Å²) in [5, 5.41) is 0. The van der Waals surface area contributed by atoms with Crippen LogP contribution in [0.5, 0.6) is 0 Å². The van der Waals surface area contributed by atoms with Gasteiger partial charge in [-0.3, -0.25) is 14.5 Å². The van der Waals surface area contributed by atoms with Gasteiger partial charge in [0.15, 0.2) is 0 Å². The molecule has 0 aliphatic rings. The first-order valence-electron chi connectivity index (χ1n) is 4.45. The van der Waals surface area contributed by atoms with E-state index in [1.807, 2.05) is 6.92 Å². The fourth-order valence-electron chi connectivity index (χ4n) is 0.916. The summed E-state index contributed by atoms with van der Waals surface area (Å²) in [5.41, 5.74) is 0. The Morgan fingerprint density at radius 2 is 1.86 bits per heavy atom. The number of carbonyl (C=O) groups is 3. The summed E-state index contributed by atoms with van der Waals surface area (Å²) in [6.07, 6.45) is 1.53. The maximum absolute atomic E-state index is 11.3. The van der Waals surface area contributed by atoms with Crippen molar-refractivity contribution in [3.63, 3.8) is 0 Å². The Bertz CT molecular complexity index is 237. The predicted octanol–water partition coefficient (Wildman–Crippen LogP) is 0.335. The SMILES string of the molecule is CCCCN(C(C)=O)C(=O)C(=O)OC. The Labute approximate surface area is 83.0 Å². The van der Waals surface area contributed by atoms with Crippen LogP contribution in [0.1, 0.15) is 26.7 Å². The Kier molecular flexibility index (Phi) is 5.52. The molecule has 0 saturated heterocycles. The van der Waals surface area contributed by atoms with Crippen LogP contribution < -0.4 is 0 Å². The number of rotatable bonds is 3. The largest absolute Gasteiger partial charge is 0.462 e. The summed E-state index contributed by atoms with van der Waals surface area (Å²) in [6, 6.07) is 0. The molecule has 0 atom stereocenters. The van der Waals surface area contributed by atoms with E-state index in [1.54, 1.807) is 0 Å². The molecule has 0 aromatic heterocycles. The van der Waals surface area contributed by atoms with Gasteiger partial charge < -0.3 is 4.74 Å². The fraction of sp³-hybridized carbons (Fsp3) is 0.667. The number of methoxy groups -OCH3 is 1. The van der Waals surface area contributed by atoms with Crippen molar-refractivity contribution in [2.45, 2.75) is 26.7 Å². The molecule has 0 fully saturated rings. The van der Waals surface area contributed by atoms with E-state index < -0.39 is 17.8 Å². The minimum absolute atomic E-state index is 0.264. The lowest BCUT2D eigenvalue weighted by Gasteiger charge is -2.16. The van der Waals surface area contributed by atoms with Gasteiger partial charge in [-0.2, -0.15) is 0 Å². The number of amides is 2. The van der Waals surface area contributed by atoms with Crippen LogP contribution in [0.4, 0.5) is 0 Å². The van der Waals surface area contributed by atoms with E-state index in [-0.39, 0.29) is 6.54 Å². The fourth-order valence-corrected chi connectivity index (χ4v) is 0.916. The van der Waals surface area contributed by atoms with Gasteiger partial charge in [-0.15, -0.1) is 0 Å². The number of hydrogen-bond donors (Lipinski definition) is 0. The first-order valence-corrected chi connectivity index (χ1v) is 4.45. The van der Waals surface area contributed by atoms with Gasteiger partial charge in [-0.1, -0.05) is 13.3 Å². The van der Waals surface area contributed by atoms with Gasteiger partial charge in [0.05, 0.1) is 7.11 Å².